The van der Waals surface area contributed by atoms with Crippen molar-refractivity contribution in [3.8, 4) is 0 Å². The molecular weight excluding hydrogens is 164 g/mol. The van der Waals surface area contributed by atoms with E-state index in [-0.39, 0.29) is 12.7 Å². The van der Waals surface area contributed by atoms with Crippen molar-refractivity contribution in [3.05, 3.63) is 12.2 Å². The van der Waals surface area contributed by atoms with Crippen LogP contribution in [-0.2, 0) is 0 Å². The molecule has 0 fully saturated rings. The van der Waals surface area contributed by atoms with Crippen molar-refractivity contribution in [2.24, 2.45) is 5.92 Å². The van der Waals surface area contributed by atoms with E-state index in [1.807, 2.05) is 6.92 Å². The molecule has 0 saturated carbocycles. The van der Waals surface area contributed by atoms with Gasteiger partial charge in [0, 0.05) is 6.61 Å². The summed E-state index contributed by atoms with van der Waals surface area (Å²) >= 11 is 0. The Morgan fingerprint density at radius 2 is 1.92 bits per heavy atom. The van der Waals surface area contributed by atoms with Gasteiger partial charge < -0.3 is 10.2 Å². The van der Waals surface area contributed by atoms with Crippen LogP contribution in [0.2, 0.25) is 0 Å². The molecule has 2 unspecified atom stereocenters. The lowest BCUT2D eigenvalue weighted by atomic mass is 9.96. The minimum absolute atomic E-state index is 0.242. The largest absolute Gasteiger partial charge is 0.396 e. The molecule has 0 aromatic rings. The van der Waals surface area contributed by atoms with E-state index in [1.54, 1.807) is 0 Å². The molecule has 0 rings (SSSR count). The molecule has 0 radical (unpaired) electrons. The predicted octanol–water partition coefficient (Wildman–Crippen LogP) is 2.11. The predicted molar refractivity (Wildman–Crippen MR) is 55.5 cm³/mol. The SMILES string of the molecule is C=C(CC)C(O)CCC(C)CCO. The van der Waals surface area contributed by atoms with Crippen LogP contribution in [0.15, 0.2) is 12.2 Å². The zero-order valence-corrected chi connectivity index (χ0v) is 8.79. The Morgan fingerprint density at radius 3 is 2.38 bits per heavy atom. The Hall–Kier alpha value is -0.340. The maximum Gasteiger partial charge on any atom is 0.0747 e. The quantitative estimate of drug-likeness (QED) is 0.598. The fourth-order valence-corrected chi connectivity index (χ4v) is 1.25. The van der Waals surface area contributed by atoms with Crippen molar-refractivity contribution in [2.75, 3.05) is 6.61 Å². The Balaban J connectivity index is 3.56. The van der Waals surface area contributed by atoms with Gasteiger partial charge in [-0.2, -0.15) is 0 Å². The zero-order valence-electron chi connectivity index (χ0n) is 8.79. The lowest BCUT2D eigenvalue weighted by molar-refractivity contribution is 0.180. The molecule has 0 aromatic heterocycles. The van der Waals surface area contributed by atoms with Gasteiger partial charge >= 0.3 is 0 Å². The van der Waals surface area contributed by atoms with Crippen LogP contribution < -0.4 is 0 Å². The number of aliphatic hydroxyl groups excluding tert-OH is 2. The van der Waals surface area contributed by atoms with Gasteiger partial charge in [0.05, 0.1) is 6.10 Å². The van der Waals surface area contributed by atoms with Crippen LogP contribution in [0.4, 0.5) is 0 Å². The van der Waals surface area contributed by atoms with Gasteiger partial charge in [0.25, 0.3) is 0 Å². The molecule has 2 atom stereocenters. The number of hydrogen-bond donors (Lipinski definition) is 2. The number of hydrogen-bond acceptors (Lipinski definition) is 2. The van der Waals surface area contributed by atoms with Crippen molar-refractivity contribution < 1.29 is 10.2 Å². The zero-order chi connectivity index (χ0) is 10.3. The Morgan fingerprint density at radius 1 is 1.31 bits per heavy atom. The van der Waals surface area contributed by atoms with E-state index in [0.29, 0.717) is 5.92 Å². The summed E-state index contributed by atoms with van der Waals surface area (Å²) in [4.78, 5) is 0. The fraction of sp³-hybridized carbons (Fsp3) is 0.818. The molecule has 13 heavy (non-hydrogen) atoms. The molecule has 2 heteroatoms. The van der Waals surface area contributed by atoms with E-state index in [1.165, 1.54) is 0 Å². The lowest BCUT2D eigenvalue weighted by Gasteiger charge is -2.15. The highest BCUT2D eigenvalue weighted by Crippen LogP contribution is 2.16. The van der Waals surface area contributed by atoms with Gasteiger partial charge in [-0.05, 0) is 37.2 Å². The topological polar surface area (TPSA) is 40.5 Å². The summed E-state index contributed by atoms with van der Waals surface area (Å²) in [5.74, 6) is 0.490. The van der Waals surface area contributed by atoms with E-state index >= 15 is 0 Å². The van der Waals surface area contributed by atoms with Crippen LogP contribution in [0, 0.1) is 5.92 Å². The molecule has 0 aliphatic carbocycles. The van der Waals surface area contributed by atoms with Gasteiger partial charge in [0.1, 0.15) is 0 Å². The fourth-order valence-electron chi connectivity index (χ4n) is 1.25. The normalized spacial score (nSPS) is 15.4. The van der Waals surface area contributed by atoms with Crippen LogP contribution in [0.3, 0.4) is 0 Å². The molecule has 0 aliphatic heterocycles. The summed E-state index contributed by atoms with van der Waals surface area (Å²) < 4.78 is 0. The van der Waals surface area contributed by atoms with Gasteiger partial charge in [-0.25, -0.2) is 0 Å². The van der Waals surface area contributed by atoms with Crippen molar-refractivity contribution >= 4 is 0 Å². The Bertz CT molecular complexity index is 143. The van der Waals surface area contributed by atoms with E-state index in [4.69, 9.17) is 5.11 Å². The standard InChI is InChI=1S/C11H22O2/c1-4-10(3)11(13)6-5-9(2)7-8-12/h9,11-13H,3-8H2,1-2H3. The highest BCUT2D eigenvalue weighted by atomic mass is 16.3. The maximum atomic E-state index is 9.57. The first kappa shape index (κ1) is 12.7. The molecule has 2 N–H and O–H groups in total. The van der Waals surface area contributed by atoms with Gasteiger partial charge in [0.15, 0.2) is 0 Å². The molecule has 2 nitrogen and oxygen atoms in total. The molecular formula is C11H22O2. The molecule has 0 spiro atoms. The summed E-state index contributed by atoms with van der Waals surface area (Å²) in [7, 11) is 0. The first-order valence-corrected chi connectivity index (χ1v) is 5.08. The second kappa shape index (κ2) is 7.10. The monoisotopic (exact) mass is 186 g/mol. The smallest absolute Gasteiger partial charge is 0.0747 e. The lowest BCUT2D eigenvalue weighted by Crippen LogP contribution is -2.11. The van der Waals surface area contributed by atoms with Crippen LogP contribution in [-0.4, -0.2) is 22.9 Å². The van der Waals surface area contributed by atoms with Gasteiger partial charge in [-0.3, -0.25) is 0 Å². The van der Waals surface area contributed by atoms with Crippen LogP contribution in [0.5, 0.6) is 0 Å². The summed E-state index contributed by atoms with van der Waals surface area (Å²) in [6.07, 6.45) is 3.04. The Kier molecular flexibility index (Phi) is 6.92. The average Bonchev–Trinajstić information content (AvgIpc) is 2.13. The summed E-state index contributed by atoms with van der Waals surface area (Å²) in [5, 5.41) is 18.2. The van der Waals surface area contributed by atoms with E-state index in [0.717, 1.165) is 31.3 Å². The van der Waals surface area contributed by atoms with Gasteiger partial charge in [0.2, 0.25) is 0 Å². The summed E-state index contributed by atoms with van der Waals surface area (Å²) in [5.41, 5.74) is 0.913. The minimum atomic E-state index is -0.355. The van der Waals surface area contributed by atoms with E-state index in [2.05, 4.69) is 13.5 Å². The van der Waals surface area contributed by atoms with Crippen molar-refractivity contribution in [1.82, 2.24) is 0 Å². The maximum absolute atomic E-state index is 9.57. The van der Waals surface area contributed by atoms with E-state index in [9.17, 15) is 5.11 Å². The first-order chi connectivity index (χ1) is 6.11. The summed E-state index contributed by atoms with van der Waals surface area (Å²) in [6, 6.07) is 0. The van der Waals surface area contributed by atoms with Gasteiger partial charge in [-0.1, -0.05) is 20.4 Å². The molecule has 0 saturated heterocycles. The number of rotatable bonds is 7. The average molecular weight is 186 g/mol. The summed E-state index contributed by atoms with van der Waals surface area (Å²) in [6.45, 7) is 8.14. The molecule has 0 heterocycles. The van der Waals surface area contributed by atoms with Crippen LogP contribution in [0.25, 0.3) is 0 Å². The first-order valence-electron chi connectivity index (χ1n) is 5.08. The third-order valence-electron chi connectivity index (χ3n) is 2.48. The molecule has 78 valence electrons. The van der Waals surface area contributed by atoms with E-state index < -0.39 is 0 Å². The molecule has 0 aliphatic rings. The third-order valence-corrected chi connectivity index (χ3v) is 2.48. The van der Waals surface area contributed by atoms with Crippen LogP contribution in [0.1, 0.15) is 39.5 Å². The highest BCUT2D eigenvalue weighted by molar-refractivity contribution is 5.00. The molecule has 0 bridgehead atoms. The second-order valence-corrected chi connectivity index (χ2v) is 3.72. The minimum Gasteiger partial charge on any atom is -0.396 e. The number of aliphatic hydroxyl groups is 2. The second-order valence-electron chi connectivity index (χ2n) is 3.72. The van der Waals surface area contributed by atoms with Crippen LogP contribution >= 0.6 is 0 Å². The van der Waals surface area contributed by atoms with Crippen molar-refractivity contribution in [2.45, 2.75) is 45.6 Å². The third kappa shape index (κ3) is 5.83. The molecule has 0 amide bonds. The molecule has 0 aromatic carbocycles. The highest BCUT2D eigenvalue weighted by Gasteiger charge is 2.09. The van der Waals surface area contributed by atoms with Gasteiger partial charge in [-0.15, -0.1) is 0 Å². The Labute approximate surface area is 81.3 Å². The van der Waals surface area contributed by atoms with Crippen molar-refractivity contribution in [3.63, 3.8) is 0 Å². The van der Waals surface area contributed by atoms with Crippen molar-refractivity contribution in [1.29, 1.82) is 0 Å².